The van der Waals surface area contributed by atoms with Gasteiger partial charge in [-0.25, -0.2) is 12.4 Å². The van der Waals surface area contributed by atoms with Gasteiger partial charge < -0.3 is 9.47 Å². The third kappa shape index (κ3) is 2.73. The molecule has 2 heterocycles. The first-order chi connectivity index (χ1) is 12.9. The van der Waals surface area contributed by atoms with Crippen molar-refractivity contribution in [2.24, 2.45) is 0 Å². The van der Waals surface area contributed by atoms with Crippen LogP contribution in [0.3, 0.4) is 0 Å². The molecule has 0 bridgehead atoms. The fourth-order valence-electron chi connectivity index (χ4n) is 3.00. The summed E-state index contributed by atoms with van der Waals surface area (Å²) >= 11 is 0. The molecule has 1 aromatic heterocycles. The number of aromatic nitrogens is 1. The van der Waals surface area contributed by atoms with E-state index in [9.17, 15) is 13.2 Å². The van der Waals surface area contributed by atoms with E-state index in [4.69, 9.17) is 14.7 Å². The van der Waals surface area contributed by atoms with Gasteiger partial charge in [0.2, 0.25) is 6.79 Å². The summed E-state index contributed by atoms with van der Waals surface area (Å²) in [4.78, 5) is 12.5. The number of ether oxygens (including phenoxy) is 2. The van der Waals surface area contributed by atoms with Crippen LogP contribution in [0.5, 0.6) is 11.5 Å². The fourth-order valence-corrected chi connectivity index (χ4v) is 4.53. The van der Waals surface area contributed by atoms with Gasteiger partial charge in [-0.3, -0.25) is 4.79 Å². The number of carbonyl (C=O) groups excluding carboxylic acids is 1. The molecule has 0 fully saturated rings. The number of benzene rings is 2. The zero-order chi connectivity index (χ0) is 19.2. The summed E-state index contributed by atoms with van der Waals surface area (Å²) in [7, 11) is -4.06. The van der Waals surface area contributed by atoms with Crippen LogP contribution in [-0.2, 0) is 10.0 Å². The highest BCUT2D eigenvalue weighted by molar-refractivity contribution is 7.90. The van der Waals surface area contributed by atoms with Crippen LogP contribution in [-0.4, -0.2) is 25.0 Å². The van der Waals surface area contributed by atoms with Crippen LogP contribution in [0, 0.1) is 18.3 Å². The molecule has 0 spiro atoms. The molecule has 0 radical (unpaired) electrons. The lowest BCUT2D eigenvalue weighted by atomic mass is 10.2. The quantitative estimate of drug-likeness (QED) is 0.643. The molecule has 27 heavy (non-hydrogen) atoms. The monoisotopic (exact) mass is 382 g/mol. The highest BCUT2D eigenvalue weighted by atomic mass is 32.2. The number of carbonyl (C=O) groups is 1. The van der Waals surface area contributed by atoms with E-state index in [1.54, 1.807) is 24.3 Å². The molecule has 0 unspecified atom stereocenters. The third-order valence-electron chi connectivity index (χ3n) is 4.34. The summed E-state index contributed by atoms with van der Waals surface area (Å²) in [6.07, 6.45) is -0.424. The first-order valence-electron chi connectivity index (χ1n) is 8.09. The SMILES string of the molecule is Cc1ccc(S(=O)(=O)n2c(C(=O)CC#N)cc3cc4c(cc32)OCO4)cc1. The molecule has 4 rings (SSSR count). The molecule has 0 aliphatic carbocycles. The summed E-state index contributed by atoms with van der Waals surface area (Å²) in [5.41, 5.74) is 1.13. The summed E-state index contributed by atoms with van der Waals surface area (Å²) in [6, 6.07) is 12.7. The number of ketones is 1. The van der Waals surface area contributed by atoms with Crippen molar-refractivity contribution in [3.63, 3.8) is 0 Å². The van der Waals surface area contributed by atoms with Crippen LogP contribution in [0.15, 0.2) is 47.4 Å². The highest BCUT2D eigenvalue weighted by Crippen LogP contribution is 2.38. The van der Waals surface area contributed by atoms with Crippen LogP contribution in [0.2, 0.25) is 0 Å². The van der Waals surface area contributed by atoms with Gasteiger partial charge >= 0.3 is 0 Å². The average Bonchev–Trinajstić information content (AvgIpc) is 3.23. The second kappa shape index (κ2) is 6.14. The molecule has 0 amide bonds. The van der Waals surface area contributed by atoms with Gasteiger partial charge in [0, 0.05) is 11.5 Å². The van der Waals surface area contributed by atoms with Crippen molar-refractivity contribution in [1.82, 2.24) is 3.97 Å². The van der Waals surface area contributed by atoms with Crippen molar-refractivity contribution in [3.8, 4) is 17.6 Å². The summed E-state index contributed by atoms with van der Waals surface area (Å²) in [5, 5.41) is 9.39. The Bertz CT molecular complexity index is 1220. The largest absolute Gasteiger partial charge is 0.454 e. The van der Waals surface area contributed by atoms with E-state index < -0.39 is 22.2 Å². The lowest BCUT2D eigenvalue weighted by Crippen LogP contribution is -2.18. The van der Waals surface area contributed by atoms with Crippen LogP contribution in [0.25, 0.3) is 10.9 Å². The minimum Gasteiger partial charge on any atom is -0.454 e. The minimum atomic E-state index is -4.06. The predicted molar refractivity (Wildman–Crippen MR) is 96.4 cm³/mol. The first-order valence-corrected chi connectivity index (χ1v) is 9.53. The van der Waals surface area contributed by atoms with E-state index in [0.717, 1.165) is 9.54 Å². The lowest BCUT2D eigenvalue weighted by Gasteiger charge is -2.11. The Morgan fingerprint density at radius 1 is 1.15 bits per heavy atom. The van der Waals surface area contributed by atoms with Gasteiger partial charge in [0.05, 0.1) is 16.5 Å². The van der Waals surface area contributed by atoms with Crippen molar-refractivity contribution in [1.29, 1.82) is 5.26 Å². The summed E-state index contributed by atoms with van der Waals surface area (Å²) in [5.74, 6) is 0.304. The number of rotatable bonds is 4. The average molecular weight is 382 g/mol. The van der Waals surface area contributed by atoms with E-state index in [2.05, 4.69) is 0 Å². The zero-order valence-electron chi connectivity index (χ0n) is 14.3. The fraction of sp³-hybridized carbons (Fsp3) is 0.158. The zero-order valence-corrected chi connectivity index (χ0v) is 15.1. The Kier molecular flexibility index (Phi) is 3.89. The molecule has 0 saturated heterocycles. The molecule has 3 aromatic rings. The Balaban J connectivity index is 2.02. The molecular formula is C19H14N2O5S. The number of nitrogens with zero attached hydrogens (tertiary/aromatic N) is 2. The van der Waals surface area contributed by atoms with Crippen LogP contribution in [0.4, 0.5) is 0 Å². The van der Waals surface area contributed by atoms with E-state index >= 15 is 0 Å². The second-order valence-electron chi connectivity index (χ2n) is 6.13. The van der Waals surface area contributed by atoms with Gasteiger partial charge in [0.25, 0.3) is 10.0 Å². The standard InChI is InChI=1S/C19H14N2O5S/c1-12-2-4-14(5-3-12)27(23,24)21-15-10-19-18(25-11-26-19)9-13(15)8-16(21)17(22)6-7-20/h2-5,8-10H,6,11H2,1H3. The minimum absolute atomic E-state index is 0.0485. The van der Waals surface area contributed by atoms with Gasteiger partial charge in [-0.15, -0.1) is 0 Å². The molecule has 136 valence electrons. The van der Waals surface area contributed by atoms with Gasteiger partial charge in [0.1, 0.15) is 12.1 Å². The highest BCUT2D eigenvalue weighted by Gasteiger charge is 2.28. The Morgan fingerprint density at radius 3 is 2.48 bits per heavy atom. The molecule has 8 heteroatoms. The maximum atomic E-state index is 13.3. The van der Waals surface area contributed by atoms with Gasteiger partial charge in [-0.1, -0.05) is 17.7 Å². The smallest absolute Gasteiger partial charge is 0.268 e. The molecule has 2 aromatic carbocycles. The van der Waals surface area contributed by atoms with E-state index in [0.29, 0.717) is 22.4 Å². The van der Waals surface area contributed by atoms with E-state index in [1.807, 2.05) is 6.92 Å². The molecule has 0 saturated carbocycles. The maximum Gasteiger partial charge on any atom is 0.268 e. The number of nitriles is 1. The van der Waals surface area contributed by atoms with Gasteiger partial charge in [-0.2, -0.15) is 5.26 Å². The first kappa shape index (κ1) is 17.1. The van der Waals surface area contributed by atoms with Crippen LogP contribution < -0.4 is 9.47 Å². The Labute approximate surface area is 155 Å². The normalized spacial score (nSPS) is 12.9. The lowest BCUT2D eigenvalue weighted by molar-refractivity contribution is 0.0992. The van der Waals surface area contributed by atoms with Crippen molar-refractivity contribution in [3.05, 3.63) is 53.7 Å². The second-order valence-corrected chi connectivity index (χ2v) is 7.92. The summed E-state index contributed by atoms with van der Waals surface area (Å²) in [6.45, 7) is 1.90. The third-order valence-corrected chi connectivity index (χ3v) is 6.08. The molecule has 0 N–H and O–H groups in total. The summed E-state index contributed by atoms with van der Waals surface area (Å²) < 4.78 is 38.3. The number of hydrogen-bond donors (Lipinski definition) is 0. The molecule has 1 aliphatic heterocycles. The molecular weight excluding hydrogens is 368 g/mol. The van der Waals surface area contributed by atoms with Crippen LogP contribution >= 0.6 is 0 Å². The maximum absolute atomic E-state index is 13.3. The van der Waals surface area contributed by atoms with Crippen molar-refractivity contribution >= 4 is 26.7 Å². The van der Waals surface area contributed by atoms with E-state index in [-0.39, 0.29) is 17.4 Å². The van der Waals surface area contributed by atoms with Crippen LogP contribution in [0.1, 0.15) is 22.5 Å². The Hall–Kier alpha value is -3.31. The molecule has 7 nitrogen and oxygen atoms in total. The van der Waals surface area contributed by atoms with Gasteiger partial charge in [-0.05, 0) is 31.2 Å². The van der Waals surface area contributed by atoms with Crippen molar-refractivity contribution < 1.29 is 22.7 Å². The topological polar surface area (TPSA) is 98.4 Å². The van der Waals surface area contributed by atoms with Crippen molar-refractivity contribution in [2.75, 3.05) is 6.79 Å². The number of Topliss-reactive ketones (excluding diaryl/α,β-unsaturated/α-hetero) is 1. The Morgan fingerprint density at radius 2 is 1.81 bits per heavy atom. The van der Waals surface area contributed by atoms with Crippen molar-refractivity contribution in [2.45, 2.75) is 18.2 Å². The van der Waals surface area contributed by atoms with E-state index in [1.165, 1.54) is 24.3 Å². The molecule has 0 atom stereocenters. The number of aryl methyl sites for hydroxylation is 1. The number of fused-ring (bicyclic) bond motifs is 2. The van der Waals surface area contributed by atoms with Gasteiger partial charge in [0.15, 0.2) is 17.3 Å². The predicted octanol–water partition coefficient (Wildman–Crippen LogP) is 3.01. The number of hydrogen-bond acceptors (Lipinski definition) is 6. The molecule has 1 aliphatic rings.